The Morgan fingerprint density at radius 2 is 2.20 bits per heavy atom. The molecule has 0 aromatic carbocycles. The van der Waals surface area contributed by atoms with Crippen LogP contribution in [0, 0.1) is 6.92 Å². The highest BCUT2D eigenvalue weighted by atomic mass is 16.2. The van der Waals surface area contributed by atoms with Crippen molar-refractivity contribution < 1.29 is 4.79 Å². The topological polar surface area (TPSA) is 76.9 Å². The standard InChI is InChI=1S/C14H16N4O2/c1-3-11-7-13(20)18(9-16-11)8-12(19)17-14-10(2)5-4-6-15-14/h4-7,9H,3,8H2,1-2H3,(H,15,17,19). The minimum atomic E-state index is -0.306. The van der Waals surface area contributed by atoms with Crippen molar-refractivity contribution >= 4 is 11.7 Å². The van der Waals surface area contributed by atoms with Crippen molar-refractivity contribution in [2.24, 2.45) is 0 Å². The zero-order chi connectivity index (χ0) is 14.5. The zero-order valence-electron chi connectivity index (χ0n) is 11.5. The number of carbonyl (C=O) groups is 1. The van der Waals surface area contributed by atoms with Gasteiger partial charge in [0.1, 0.15) is 12.4 Å². The largest absolute Gasteiger partial charge is 0.309 e. The lowest BCUT2D eigenvalue weighted by Gasteiger charge is -2.08. The lowest BCUT2D eigenvalue weighted by atomic mass is 10.3. The third-order valence-corrected chi connectivity index (χ3v) is 2.88. The summed E-state index contributed by atoms with van der Waals surface area (Å²) in [6.45, 7) is 3.70. The second-order valence-corrected chi connectivity index (χ2v) is 4.42. The summed E-state index contributed by atoms with van der Waals surface area (Å²) in [4.78, 5) is 31.9. The van der Waals surface area contributed by atoms with Crippen LogP contribution in [0.3, 0.4) is 0 Å². The quantitative estimate of drug-likeness (QED) is 0.905. The van der Waals surface area contributed by atoms with E-state index in [-0.39, 0.29) is 18.0 Å². The first-order chi connectivity index (χ1) is 9.60. The second kappa shape index (κ2) is 6.10. The minimum Gasteiger partial charge on any atom is -0.309 e. The van der Waals surface area contributed by atoms with Gasteiger partial charge in [0.2, 0.25) is 5.91 Å². The number of pyridine rings is 1. The number of aromatic nitrogens is 3. The van der Waals surface area contributed by atoms with Gasteiger partial charge in [-0.3, -0.25) is 14.2 Å². The molecule has 0 aliphatic carbocycles. The van der Waals surface area contributed by atoms with Gasteiger partial charge in [-0.1, -0.05) is 13.0 Å². The van der Waals surface area contributed by atoms with Crippen LogP contribution in [0.5, 0.6) is 0 Å². The average molecular weight is 272 g/mol. The number of hydrogen-bond donors (Lipinski definition) is 1. The van der Waals surface area contributed by atoms with Gasteiger partial charge >= 0.3 is 0 Å². The fourth-order valence-electron chi connectivity index (χ4n) is 1.72. The molecular formula is C14H16N4O2. The molecule has 0 saturated heterocycles. The van der Waals surface area contributed by atoms with E-state index in [9.17, 15) is 9.59 Å². The molecule has 0 spiro atoms. The highest BCUT2D eigenvalue weighted by Crippen LogP contribution is 2.08. The molecule has 0 aliphatic rings. The van der Waals surface area contributed by atoms with Crippen LogP contribution in [0.4, 0.5) is 5.82 Å². The van der Waals surface area contributed by atoms with E-state index in [4.69, 9.17) is 0 Å². The maximum Gasteiger partial charge on any atom is 0.253 e. The average Bonchev–Trinajstić information content (AvgIpc) is 2.43. The number of anilines is 1. The lowest BCUT2D eigenvalue weighted by Crippen LogP contribution is -2.28. The third kappa shape index (κ3) is 3.28. The van der Waals surface area contributed by atoms with Gasteiger partial charge in [-0.15, -0.1) is 0 Å². The summed E-state index contributed by atoms with van der Waals surface area (Å²) in [6, 6.07) is 5.09. The lowest BCUT2D eigenvalue weighted by molar-refractivity contribution is -0.116. The van der Waals surface area contributed by atoms with Gasteiger partial charge in [0.25, 0.3) is 5.56 Å². The van der Waals surface area contributed by atoms with E-state index in [0.29, 0.717) is 17.9 Å². The summed E-state index contributed by atoms with van der Waals surface area (Å²) < 4.78 is 1.27. The smallest absolute Gasteiger partial charge is 0.253 e. The van der Waals surface area contributed by atoms with Gasteiger partial charge in [0.05, 0.1) is 6.33 Å². The molecule has 2 aromatic heterocycles. The summed E-state index contributed by atoms with van der Waals surface area (Å²) in [7, 11) is 0. The van der Waals surface area contributed by atoms with Crippen LogP contribution in [0.25, 0.3) is 0 Å². The Balaban J connectivity index is 2.09. The molecule has 6 nitrogen and oxygen atoms in total. The first-order valence-corrected chi connectivity index (χ1v) is 6.37. The molecule has 0 fully saturated rings. The summed E-state index contributed by atoms with van der Waals surface area (Å²) in [5.41, 5.74) is 1.35. The highest BCUT2D eigenvalue weighted by molar-refractivity contribution is 5.90. The summed E-state index contributed by atoms with van der Waals surface area (Å²) in [5.74, 6) is 0.198. The van der Waals surface area contributed by atoms with Crippen LogP contribution < -0.4 is 10.9 Å². The molecule has 20 heavy (non-hydrogen) atoms. The van der Waals surface area contributed by atoms with Crippen LogP contribution in [0.1, 0.15) is 18.2 Å². The van der Waals surface area contributed by atoms with Gasteiger partial charge in [-0.2, -0.15) is 0 Å². The third-order valence-electron chi connectivity index (χ3n) is 2.88. The normalized spacial score (nSPS) is 10.3. The molecule has 0 radical (unpaired) electrons. The van der Waals surface area contributed by atoms with Gasteiger partial charge in [0.15, 0.2) is 0 Å². The highest BCUT2D eigenvalue weighted by Gasteiger charge is 2.08. The van der Waals surface area contributed by atoms with Gasteiger partial charge in [0, 0.05) is 18.0 Å². The zero-order valence-corrected chi connectivity index (χ0v) is 11.5. The second-order valence-electron chi connectivity index (χ2n) is 4.42. The molecule has 0 bridgehead atoms. The van der Waals surface area contributed by atoms with Gasteiger partial charge in [-0.05, 0) is 25.0 Å². The Morgan fingerprint density at radius 1 is 1.40 bits per heavy atom. The van der Waals surface area contributed by atoms with Crippen molar-refractivity contribution in [2.75, 3.05) is 5.32 Å². The van der Waals surface area contributed by atoms with E-state index in [1.807, 2.05) is 19.9 Å². The molecular weight excluding hydrogens is 256 g/mol. The fourth-order valence-corrected chi connectivity index (χ4v) is 1.72. The SMILES string of the molecule is CCc1cc(=O)n(CC(=O)Nc2ncccc2C)cn1. The number of carbonyl (C=O) groups excluding carboxylic acids is 1. The van der Waals surface area contributed by atoms with E-state index in [1.54, 1.807) is 12.3 Å². The molecule has 104 valence electrons. The minimum absolute atomic E-state index is 0.0775. The number of hydrogen-bond acceptors (Lipinski definition) is 4. The molecule has 1 N–H and O–H groups in total. The van der Waals surface area contributed by atoms with Crippen molar-refractivity contribution in [3.63, 3.8) is 0 Å². The van der Waals surface area contributed by atoms with E-state index >= 15 is 0 Å². The van der Waals surface area contributed by atoms with E-state index in [1.165, 1.54) is 17.0 Å². The predicted molar refractivity (Wildman–Crippen MR) is 75.5 cm³/mol. The molecule has 2 heterocycles. The van der Waals surface area contributed by atoms with Crippen molar-refractivity contribution in [1.29, 1.82) is 0 Å². The van der Waals surface area contributed by atoms with Crippen LogP contribution in [-0.4, -0.2) is 20.4 Å². The number of aryl methyl sites for hydroxylation is 2. The molecule has 6 heteroatoms. The molecule has 2 rings (SSSR count). The predicted octanol–water partition coefficient (Wildman–Crippen LogP) is 1.15. The molecule has 0 unspecified atom stereocenters. The number of rotatable bonds is 4. The fraction of sp³-hybridized carbons (Fsp3) is 0.286. The Bertz CT molecular complexity index is 679. The van der Waals surface area contributed by atoms with E-state index < -0.39 is 0 Å². The first-order valence-electron chi connectivity index (χ1n) is 6.37. The molecule has 1 amide bonds. The van der Waals surface area contributed by atoms with Crippen molar-refractivity contribution in [3.05, 3.63) is 52.3 Å². The van der Waals surface area contributed by atoms with Crippen LogP contribution in [-0.2, 0) is 17.8 Å². The van der Waals surface area contributed by atoms with Crippen LogP contribution in [0.15, 0.2) is 35.5 Å². The van der Waals surface area contributed by atoms with Crippen molar-refractivity contribution in [2.45, 2.75) is 26.8 Å². The molecule has 2 aromatic rings. The molecule has 0 aliphatic heterocycles. The van der Waals surface area contributed by atoms with E-state index in [2.05, 4.69) is 15.3 Å². The first kappa shape index (κ1) is 13.9. The molecule has 0 atom stereocenters. The maximum absolute atomic E-state index is 11.9. The summed E-state index contributed by atoms with van der Waals surface area (Å²) >= 11 is 0. The Hall–Kier alpha value is -2.50. The number of nitrogens with zero attached hydrogens (tertiary/aromatic N) is 3. The number of amides is 1. The Kier molecular flexibility index (Phi) is 4.24. The summed E-state index contributed by atoms with van der Waals surface area (Å²) in [5, 5.41) is 2.68. The van der Waals surface area contributed by atoms with Gasteiger partial charge < -0.3 is 5.32 Å². The van der Waals surface area contributed by atoms with Crippen molar-refractivity contribution in [3.8, 4) is 0 Å². The summed E-state index contributed by atoms with van der Waals surface area (Å²) in [6.07, 6.45) is 3.69. The van der Waals surface area contributed by atoms with Crippen LogP contribution in [0.2, 0.25) is 0 Å². The Labute approximate surface area is 116 Å². The van der Waals surface area contributed by atoms with Crippen LogP contribution >= 0.6 is 0 Å². The van der Waals surface area contributed by atoms with Gasteiger partial charge in [-0.25, -0.2) is 9.97 Å². The van der Waals surface area contributed by atoms with E-state index in [0.717, 1.165) is 5.56 Å². The maximum atomic E-state index is 11.9. The monoisotopic (exact) mass is 272 g/mol. The Morgan fingerprint density at radius 3 is 2.85 bits per heavy atom. The number of nitrogens with one attached hydrogen (secondary N) is 1. The van der Waals surface area contributed by atoms with Crippen molar-refractivity contribution in [1.82, 2.24) is 14.5 Å². The molecule has 0 saturated carbocycles.